The van der Waals surface area contributed by atoms with E-state index in [4.69, 9.17) is 0 Å². The minimum Gasteiger partial charge on any atom is -0.351 e. The number of nitrogens with one attached hydrogen (secondary N) is 1. The number of nitrogens with zero attached hydrogens (tertiary/aromatic N) is 2. The molecule has 1 N–H and O–H groups in total. The van der Waals surface area contributed by atoms with Crippen molar-refractivity contribution in [3.8, 4) is 0 Å². The van der Waals surface area contributed by atoms with Crippen LogP contribution in [-0.2, 0) is 22.0 Å². The van der Waals surface area contributed by atoms with Crippen LogP contribution in [0.3, 0.4) is 0 Å². The van der Waals surface area contributed by atoms with Gasteiger partial charge in [0.15, 0.2) is 0 Å². The van der Waals surface area contributed by atoms with Gasteiger partial charge in [-0.1, -0.05) is 59.6 Å². The lowest BCUT2D eigenvalue weighted by Gasteiger charge is -2.23. The van der Waals surface area contributed by atoms with Crippen LogP contribution in [0.4, 0.5) is 0 Å². The molecule has 31 heavy (non-hydrogen) atoms. The summed E-state index contributed by atoms with van der Waals surface area (Å²) in [5.74, 6) is -0.211. The number of unbranched alkanes of at least 4 members (excludes halogenated alkanes) is 2. The van der Waals surface area contributed by atoms with Crippen molar-refractivity contribution >= 4 is 27.3 Å². The third-order valence-electron chi connectivity index (χ3n) is 5.03. The number of amides is 1. The van der Waals surface area contributed by atoms with Crippen molar-refractivity contribution in [2.24, 2.45) is 0 Å². The molecule has 172 valence electrons. The van der Waals surface area contributed by atoms with Crippen molar-refractivity contribution < 1.29 is 13.2 Å². The van der Waals surface area contributed by atoms with E-state index in [1.54, 1.807) is 17.5 Å². The van der Waals surface area contributed by atoms with E-state index in [1.165, 1.54) is 15.6 Å². The molecular weight excluding hydrogens is 430 g/mol. The first-order valence-corrected chi connectivity index (χ1v) is 13.2. The maximum atomic E-state index is 13.3. The highest BCUT2D eigenvalue weighted by Crippen LogP contribution is 2.26. The molecule has 1 aromatic carbocycles. The van der Waals surface area contributed by atoms with Crippen LogP contribution >= 0.6 is 11.3 Å². The molecule has 0 saturated heterocycles. The maximum absolute atomic E-state index is 13.3. The number of rotatable bonds is 11. The van der Waals surface area contributed by atoms with Gasteiger partial charge in [-0.15, -0.1) is 11.3 Å². The van der Waals surface area contributed by atoms with Gasteiger partial charge >= 0.3 is 0 Å². The summed E-state index contributed by atoms with van der Waals surface area (Å²) in [4.78, 5) is 16.9. The van der Waals surface area contributed by atoms with E-state index >= 15 is 0 Å². The third kappa shape index (κ3) is 7.12. The number of thiazole rings is 1. The zero-order chi connectivity index (χ0) is 23.1. The van der Waals surface area contributed by atoms with Gasteiger partial charge in [0.05, 0.1) is 11.4 Å². The number of hydrogen-bond acceptors (Lipinski definition) is 5. The van der Waals surface area contributed by atoms with Crippen LogP contribution in [0.5, 0.6) is 0 Å². The number of hydrogen-bond donors (Lipinski definition) is 1. The number of sulfonamides is 1. The van der Waals surface area contributed by atoms with Gasteiger partial charge < -0.3 is 5.32 Å². The molecular formula is C23H35N3O3S2. The van der Waals surface area contributed by atoms with Gasteiger partial charge in [0.2, 0.25) is 10.0 Å². The van der Waals surface area contributed by atoms with Gasteiger partial charge in [0, 0.05) is 18.5 Å². The van der Waals surface area contributed by atoms with E-state index in [-0.39, 0.29) is 22.8 Å². The summed E-state index contributed by atoms with van der Waals surface area (Å²) in [6.45, 7) is 11.6. The first-order chi connectivity index (χ1) is 14.6. The molecule has 2 aromatic rings. The molecule has 0 radical (unpaired) electrons. The molecule has 1 amide bonds. The Bertz CT molecular complexity index is 945. The first-order valence-electron chi connectivity index (χ1n) is 10.9. The first kappa shape index (κ1) is 25.5. The number of carbonyl (C=O) groups is 1. The van der Waals surface area contributed by atoms with Crippen molar-refractivity contribution in [1.29, 1.82) is 0 Å². The molecule has 8 heteroatoms. The van der Waals surface area contributed by atoms with Gasteiger partial charge in [0.1, 0.15) is 10.7 Å². The Morgan fingerprint density at radius 2 is 1.74 bits per heavy atom. The van der Waals surface area contributed by atoms with Gasteiger partial charge in [0.25, 0.3) is 5.91 Å². The molecule has 1 aromatic heterocycles. The van der Waals surface area contributed by atoms with E-state index in [0.29, 0.717) is 23.8 Å². The third-order valence-corrected chi connectivity index (χ3v) is 7.72. The van der Waals surface area contributed by atoms with Gasteiger partial charge in [-0.05, 0) is 36.0 Å². The van der Waals surface area contributed by atoms with Crippen molar-refractivity contribution in [2.45, 2.75) is 77.2 Å². The Labute approximate surface area is 191 Å². The van der Waals surface area contributed by atoms with Crippen molar-refractivity contribution in [3.05, 3.63) is 45.9 Å². The summed E-state index contributed by atoms with van der Waals surface area (Å²) < 4.78 is 28.2. The van der Waals surface area contributed by atoms with Gasteiger partial charge in [-0.2, -0.15) is 4.31 Å². The van der Waals surface area contributed by atoms with E-state index in [9.17, 15) is 13.2 Å². The quantitative estimate of drug-likeness (QED) is 0.476. The predicted octanol–water partition coefficient (Wildman–Crippen LogP) is 4.96. The summed E-state index contributed by atoms with van der Waals surface area (Å²) in [5, 5.41) is 5.16. The van der Waals surface area contributed by atoms with Crippen molar-refractivity contribution in [2.75, 3.05) is 13.1 Å². The second kappa shape index (κ2) is 11.2. The number of carbonyl (C=O) groups excluding carboxylic acids is 1. The van der Waals surface area contributed by atoms with E-state index in [1.807, 2.05) is 19.1 Å². The molecule has 0 aliphatic rings. The number of aromatic nitrogens is 1. The highest BCUT2D eigenvalue weighted by Gasteiger charge is 2.26. The molecule has 0 atom stereocenters. The SMILES string of the molecule is CCCCNC(=O)c1csc(CN(CCCC)S(=O)(=O)c2ccc(C(C)(C)C)cc2)n1. The van der Waals surface area contributed by atoms with Crippen LogP contribution < -0.4 is 5.32 Å². The maximum Gasteiger partial charge on any atom is 0.270 e. The fourth-order valence-electron chi connectivity index (χ4n) is 3.00. The minimum absolute atomic E-state index is 0.0425. The molecule has 0 fully saturated rings. The van der Waals surface area contributed by atoms with E-state index in [2.05, 4.69) is 38.0 Å². The minimum atomic E-state index is -3.66. The van der Waals surface area contributed by atoms with Crippen LogP contribution in [0.1, 0.15) is 81.4 Å². The summed E-state index contributed by atoms with van der Waals surface area (Å²) >= 11 is 1.32. The normalized spacial score (nSPS) is 12.3. The zero-order valence-corrected chi connectivity index (χ0v) is 20.9. The Kier molecular flexibility index (Phi) is 9.21. The standard InChI is InChI=1S/C23H35N3O3S2/c1-6-8-14-24-22(27)20-17-30-21(25-20)16-26(15-9-7-2)31(28,29)19-12-10-18(11-13-19)23(3,4)5/h10-13,17H,6-9,14-16H2,1-5H3,(H,24,27). The molecule has 1 heterocycles. The number of benzene rings is 1. The molecule has 2 rings (SSSR count). The highest BCUT2D eigenvalue weighted by atomic mass is 32.2. The van der Waals surface area contributed by atoms with Crippen LogP contribution in [0.15, 0.2) is 34.5 Å². The lowest BCUT2D eigenvalue weighted by Crippen LogP contribution is -2.32. The summed E-state index contributed by atoms with van der Waals surface area (Å²) in [6, 6.07) is 7.13. The highest BCUT2D eigenvalue weighted by molar-refractivity contribution is 7.89. The molecule has 0 bridgehead atoms. The Balaban J connectivity index is 2.20. The fourth-order valence-corrected chi connectivity index (χ4v) is 5.31. The summed E-state index contributed by atoms with van der Waals surface area (Å²) in [6.07, 6.45) is 3.57. The fraction of sp³-hybridized carbons (Fsp3) is 0.565. The van der Waals surface area contributed by atoms with Crippen molar-refractivity contribution in [1.82, 2.24) is 14.6 Å². The second-order valence-corrected chi connectivity index (χ2v) is 11.6. The Hall–Kier alpha value is -1.77. The van der Waals surface area contributed by atoms with Crippen LogP contribution in [0, 0.1) is 0 Å². The molecule has 6 nitrogen and oxygen atoms in total. The van der Waals surface area contributed by atoms with E-state index in [0.717, 1.165) is 31.2 Å². The lowest BCUT2D eigenvalue weighted by atomic mass is 9.87. The zero-order valence-electron chi connectivity index (χ0n) is 19.3. The van der Waals surface area contributed by atoms with Crippen LogP contribution in [-0.4, -0.2) is 36.7 Å². The summed E-state index contributed by atoms with van der Waals surface area (Å²) in [7, 11) is -3.66. The van der Waals surface area contributed by atoms with Gasteiger partial charge in [-0.25, -0.2) is 13.4 Å². The van der Waals surface area contributed by atoms with Gasteiger partial charge in [-0.3, -0.25) is 4.79 Å². The average Bonchev–Trinajstić information content (AvgIpc) is 3.19. The molecule has 0 saturated carbocycles. The topological polar surface area (TPSA) is 79.4 Å². The largest absolute Gasteiger partial charge is 0.351 e. The summed E-state index contributed by atoms with van der Waals surface area (Å²) in [5.41, 5.74) is 1.39. The Morgan fingerprint density at radius 3 is 2.32 bits per heavy atom. The lowest BCUT2D eigenvalue weighted by molar-refractivity contribution is 0.0948. The average molecular weight is 466 g/mol. The molecule has 0 unspecified atom stereocenters. The molecule has 0 aliphatic heterocycles. The Morgan fingerprint density at radius 1 is 1.10 bits per heavy atom. The predicted molar refractivity (Wildman–Crippen MR) is 127 cm³/mol. The molecule has 0 spiro atoms. The second-order valence-electron chi connectivity index (χ2n) is 8.70. The van der Waals surface area contributed by atoms with Crippen LogP contribution in [0.25, 0.3) is 0 Å². The van der Waals surface area contributed by atoms with E-state index < -0.39 is 10.0 Å². The monoisotopic (exact) mass is 465 g/mol. The van der Waals surface area contributed by atoms with Crippen LogP contribution in [0.2, 0.25) is 0 Å². The van der Waals surface area contributed by atoms with Crippen molar-refractivity contribution in [3.63, 3.8) is 0 Å². The molecule has 0 aliphatic carbocycles. The smallest absolute Gasteiger partial charge is 0.270 e.